The molecule has 1 amide bonds. The van der Waals surface area contributed by atoms with Crippen LogP contribution in [-0.2, 0) is 4.79 Å². The van der Waals surface area contributed by atoms with E-state index in [-0.39, 0.29) is 21.1 Å². The molecule has 3 rings (SSSR count). The minimum Gasteiger partial charge on any atom is -0.493 e. The summed E-state index contributed by atoms with van der Waals surface area (Å²) >= 11 is 4.02. The molecule has 30 heavy (non-hydrogen) atoms. The van der Waals surface area contributed by atoms with Gasteiger partial charge < -0.3 is 20.6 Å². The van der Waals surface area contributed by atoms with Crippen LogP contribution in [0.15, 0.2) is 40.0 Å². The molecule has 2 aromatic carbocycles. The zero-order chi connectivity index (χ0) is 21.8. The van der Waals surface area contributed by atoms with Gasteiger partial charge in [0.1, 0.15) is 5.82 Å². The molecule has 0 aliphatic rings. The second-order valence-corrected chi connectivity index (χ2v) is 7.62. The zero-order valence-corrected chi connectivity index (χ0v) is 18.2. The molecule has 8 nitrogen and oxygen atoms in total. The molecule has 0 saturated heterocycles. The number of benzene rings is 2. The van der Waals surface area contributed by atoms with Gasteiger partial charge >= 0.3 is 0 Å². The summed E-state index contributed by atoms with van der Waals surface area (Å²) in [6.45, 7) is 0. The molecule has 0 radical (unpaired) electrons. The highest BCUT2D eigenvalue weighted by Gasteiger charge is 2.17. The fourth-order valence-corrected chi connectivity index (χ4v) is 3.68. The van der Waals surface area contributed by atoms with Crippen LogP contribution in [0.4, 0.5) is 14.5 Å². The summed E-state index contributed by atoms with van der Waals surface area (Å²) in [4.78, 5) is 12.2. The third kappa shape index (κ3) is 4.65. The molecule has 0 saturated carbocycles. The number of carbonyl (C=O) groups excluding carboxylic acids is 1. The predicted octanol–water partition coefficient (Wildman–Crippen LogP) is 3.45. The lowest BCUT2D eigenvalue weighted by atomic mass is 10.2. The molecule has 0 atom stereocenters. The van der Waals surface area contributed by atoms with Crippen molar-refractivity contribution >= 4 is 39.3 Å². The van der Waals surface area contributed by atoms with Gasteiger partial charge in [-0.25, -0.2) is 13.5 Å². The molecular weight excluding hydrogens is 484 g/mol. The topological polar surface area (TPSA) is 104 Å². The van der Waals surface area contributed by atoms with Crippen LogP contribution in [0.3, 0.4) is 0 Å². The lowest BCUT2D eigenvalue weighted by Crippen LogP contribution is -2.17. The summed E-state index contributed by atoms with van der Waals surface area (Å²) in [6, 6.07) is 6.88. The lowest BCUT2D eigenvalue weighted by molar-refractivity contribution is -0.113. The summed E-state index contributed by atoms with van der Waals surface area (Å²) in [5.74, 6) is 5.17. The summed E-state index contributed by atoms with van der Waals surface area (Å²) in [7, 11) is 3.04. The van der Waals surface area contributed by atoms with Crippen LogP contribution in [0.25, 0.3) is 11.4 Å². The maximum Gasteiger partial charge on any atom is 0.234 e. The van der Waals surface area contributed by atoms with E-state index in [0.29, 0.717) is 29.0 Å². The maximum absolute atomic E-state index is 13.8. The number of nitrogen functional groups attached to an aromatic ring is 1. The number of amides is 1. The summed E-state index contributed by atoms with van der Waals surface area (Å²) in [5, 5.41) is 10.7. The first kappa shape index (κ1) is 21.8. The van der Waals surface area contributed by atoms with Crippen molar-refractivity contribution in [2.24, 2.45) is 0 Å². The smallest absolute Gasteiger partial charge is 0.234 e. The van der Waals surface area contributed by atoms with Gasteiger partial charge in [0.05, 0.1) is 25.7 Å². The number of hydrogen-bond donors (Lipinski definition) is 2. The van der Waals surface area contributed by atoms with Crippen molar-refractivity contribution in [3.8, 4) is 22.9 Å². The fourth-order valence-electron chi connectivity index (χ4n) is 2.51. The Hall–Kier alpha value is -2.86. The number of hydrogen-bond acceptors (Lipinski definition) is 7. The Labute approximate surface area is 182 Å². The molecule has 12 heteroatoms. The Kier molecular flexibility index (Phi) is 6.77. The van der Waals surface area contributed by atoms with E-state index in [4.69, 9.17) is 15.3 Å². The van der Waals surface area contributed by atoms with E-state index < -0.39 is 17.5 Å². The Morgan fingerprint density at radius 1 is 1.20 bits per heavy atom. The largest absolute Gasteiger partial charge is 0.493 e. The van der Waals surface area contributed by atoms with Crippen LogP contribution in [0.5, 0.6) is 11.5 Å². The van der Waals surface area contributed by atoms with E-state index >= 15 is 0 Å². The van der Waals surface area contributed by atoms with Crippen LogP contribution >= 0.6 is 27.7 Å². The first-order valence-electron chi connectivity index (χ1n) is 8.34. The van der Waals surface area contributed by atoms with Crippen molar-refractivity contribution < 1.29 is 23.0 Å². The zero-order valence-electron chi connectivity index (χ0n) is 15.8. The Balaban J connectivity index is 1.71. The number of nitrogens with two attached hydrogens (primary N) is 1. The molecule has 0 bridgehead atoms. The van der Waals surface area contributed by atoms with Crippen molar-refractivity contribution in [3.63, 3.8) is 0 Å². The van der Waals surface area contributed by atoms with E-state index in [1.807, 2.05) is 0 Å². The minimum absolute atomic E-state index is 0.0936. The molecule has 0 spiro atoms. The van der Waals surface area contributed by atoms with Gasteiger partial charge in [-0.3, -0.25) is 4.79 Å². The number of carbonyl (C=O) groups is 1. The number of aromatic nitrogens is 3. The highest BCUT2D eigenvalue weighted by Crippen LogP contribution is 2.32. The van der Waals surface area contributed by atoms with Crippen molar-refractivity contribution in [2.45, 2.75) is 5.16 Å². The Morgan fingerprint density at radius 3 is 2.60 bits per heavy atom. The van der Waals surface area contributed by atoms with E-state index in [9.17, 15) is 13.6 Å². The van der Waals surface area contributed by atoms with Gasteiger partial charge in [0.25, 0.3) is 0 Å². The highest BCUT2D eigenvalue weighted by atomic mass is 79.9. The fraction of sp³-hybridized carbons (Fsp3) is 0.167. The highest BCUT2D eigenvalue weighted by molar-refractivity contribution is 9.10. The van der Waals surface area contributed by atoms with Crippen LogP contribution in [0.1, 0.15) is 0 Å². The number of halogens is 3. The van der Waals surface area contributed by atoms with Crippen LogP contribution in [-0.4, -0.2) is 40.8 Å². The van der Waals surface area contributed by atoms with Gasteiger partial charge in [-0.15, -0.1) is 10.2 Å². The van der Waals surface area contributed by atoms with Crippen LogP contribution in [0.2, 0.25) is 0 Å². The summed E-state index contributed by atoms with van der Waals surface area (Å²) in [5.41, 5.74) is 0.485. The normalized spacial score (nSPS) is 10.7. The number of nitrogens with one attached hydrogen (secondary N) is 1. The number of thioether (sulfide) groups is 1. The second kappa shape index (κ2) is 9.30. The molecule has 158 valence electrons. The van der Waals surface area contributed by atoms with E-state index in [1.165, 1.54) is 18.9 Å². The Bertz CT molecular complexity index is 1070. The average molecular weight is 500 g/mol. The molecule has 0 fully saturated rings. The number of methoxy groups -OCH3 is 2. The molecule has 1 aromatic heterocycles. The van der Waals surface area contributed by atoms with Crippen LogP contribution < -0.4 is 20.6 Å². The number of nitrogens with zero attached hydrogens (tertiary/aromatic N) is 3. The molecule has 3 N–H and O–H groups in total. The van der Waals surface area contributed by atoms with Crippen molar-refractivity contribution in [3.05, 3.63) is 46.4 Å². The molecule has 1 heterocycles. The van der Waals surface area contributed by atoms with Crippen molar-refractivity contribution in [1.82, 2.24) is 14.9 Å². The van der Waals surface area contributed by atoms with Gasteiger partial charge in [0.2, 0.25) is 11.1 Å². The monoisotopic (exact) mass is 499 g/mol. The number of ether oxygens (including phenoxy) is 2. The Morgan fingerprint density at radius 2 is 1.93 bits per heavy atom. The minimum atomic E-state index is -0.891. The van der Waals surface area contributed by atoms with E-state index in [1.54, 1.807) is 18.2 Å². The quantitative estimate of drug-likeness (QED) is 0.378. The van der Waals surface area contributed by atoms with Gasteiger partial charge in [-0.05, 0) is 40.2 Å². The number of anilines is 1. The molecule has 3 aromatic rings. The SMILES string of the molecule is COc1ccc(-c2nnc(SCC(=O)Nc3c(F)cc(F)cc3Br)n2N)cc1OC. The van der Waals surface area contributed by atoms with E-state index in [2.05, 4.69) is 31.4 Å². The lowest BCUT2D eigenvalue weighted by Gasteiger charge is -2.10. The molecular formula is C18H16BrF2N5O3S. The van der Waals surface area contributed by atoms with Gasteiger partial charge in [-0.1, -0.05) is 11.8 Å². The molecule has 0 aliphatic heterocycles. The van der Waals surface area contributed by atoms with Crippen molar-refractivity contribution in [1.29, 1.82) is 0 Å². The van der Waals surface area contributed by atoms with Crippen molar-refractivity contribution in [2.75, 3.05) is 31.1 Å². The predicted molar refractivity (Wildman–Crippen MR) is 112 cm³/mol. The van der Waals surface area contributed by atoms with Gasteiger partial charge in [0.15, 0.2) is 23.1 Å². The van der Waals surface area contributed by atoms with Gasteiger partial charge in [0, 0.05) is 16.1 Å². The standard InChI is InChI=1S/C18H16BrF2N5O3S/c1-28-13-4-3-9(5-14(13)29-2)17-24-25-18(26(17)22)30-8-15(27)23-16-11(19)6-10(20)7-12(16)21/h3-7H,8,22H2,1-2H3,(H,23,27). The molecule has 0 aliphatic carbocycles. The summed E-state index contributed by atoms with van der Waals surface area (Å²) < 4.78 is 38.8. The third-order valence-corrected chi connectivity index (χ3v) is 5.48. The number of rotatable bonds is 7. The first-order chi connectivity index (χ1) is 14.3. The maximum atomic E-state index is 13.8. The third-order valence-electron chi connectivity index (χ3n) is 3.91. The second-order valence-electron chi connectivity index (χ2n) is 5.83. The first-order valence-corrected chi connectivity index (χ1v) is 10.1. The van der Waals surface area contributed by atoms with Gasteiger partial charge in [-0.2, -0.15) is 0 Å². The van der Waals surface area contributed by atoms with E-state index in [0.717, 1.165) is 17.8 Å². The summed E-state index contributed by atoms with van der Waals surface area (Å²) in [6.07, 6.45) is 0. The average Bonchev–Trinajstić information content (AvgIpc) is 3.08. The van der Waals surface area contributed by atoms with Crippen LogP contribution in [0, 0.1) is 11.6 Å². The molecule has 0 unspecified atom stereocenters.